The van der Waals surface area contributed by atoms with Crippen molar-refractivity contribution in [2.45, 2.75) is 77.9 Å². The molecule has 16 nitrogen and oxygen atoms in total. The first-order chi connectivity index (χ1) is 27.4. The largest absolute Gasteiger partial charge is 0.469 e. The number of methoxy groups -OCH3 is 2. The van der Waals surface area contributed by atoms with E-state index in [1.807, 2.05) is 69.0 Å². The summed E-state index contributed by atoms with van der Waals surface area (Å²) in [5, 5.41) is 2.67. The third kappa shape index (κ3) is 7.85. The number of benzene rings is 2. The van der Waals surface area contributed by atoms with Crippen LogP contribution < -0.4 is 10.9 Å². The number of ether oxygens (including phenoxy) is 2. The van der Waals surface area contributed by atoms with E-state index < -0.39 is 24.0 Å². The van der Waals surface area contributed by atoms with Gasteiger partial charge in [-0.15, -0.1) is 0 Å². The first-order valence-electron chi connectivity index (χ1n) is 19.5. The van der Waals surface area contributed by atoms with Crippen LogP contribution in [0.3, 0.4) is 0 Å². The Hall–Kier alpha value is -6.06. The second kappa shape index (κ2) is 16.2. The maximum Gasteiger partial charge on any atom is 0.407 e. The summed E-state index contributed by atoms with van der Waals surface area (Å²) < 4.78 is 9.61. The van der Waals surface area contributed by atoms with Crippen molar-refractivity contribution in [2.75, 3.05) is 27.3 Å². The molecule has 57 heavy (non-hydrogen) atoms. The summed E-state index contributed by atoms with van der Waals surface area (Å²) in [5.74, 6) is 0.359. The lowest BCUT2D eigenvalue weighted by atomic mass is 9.91. The molecule has 4 N–H and O–H groups in total. The van der Waals surface area contributed by atoms with Crippen LogP contribution >= 0.6 is 0 Å². The van der Waals surface area contributed by atoms with E-state index in [1.54, 1.807) is 11.1 Å². The molecule has 2 fully saturated rings. The molecule has 0 radical (unpaired) electrons. The minimum absolute atomic E-state index is 0.0317. The standard InChI is InChI=1S/C41H49N9O7/c1-21(2)25(19-33(51)56-5)39(53)49-15-7-9-31(49)36-44-28-14-12-24(18-30(28)46-36)35-42-20-26(38(52)48-35)23-11-13-27-29(17-23)45-37(43-27)32-10-8-16-50(32)40(54)34(22(3)4)47-41(55)57-6/h11-14,17-18,20-22,25,31-32,34H,7-10,15-16,19H2,1-6H3,(H,43,45)(H,44,46)(H,47,55)(H,42,48,52)/t25-,31-,32-,34-/m0/s1. The summed E-state index contributed by atoms with van der Waals surface area (Å²) in [7, 11) is 2.60. The fourth-order valence-electron chi connectivity index (χ4n) is 8.03. The highest BCUT2D eigenvalue weighted by molar-refractivity contribution is 5.87. The van der Waals surface area contributed by atoms with E-state index in [2.05, 4.69) is 25.3 Å². The minimum atomic E-state index is -0.737. The SMILES string of the molecule is COC(=O)C[C@H](C(=O)N1CCC[C@H]1c1nc2ccc(-c3ncc(-c4ccc5nc([C@@H]6CCCN6C(=O)[C@@H](NC(=O)OC)C(C)C)[nH]c5c4)c(=O)[nH]3)cc2[nH]1)C(C)C. The molecule has 0 bridgehead atoms. The molecule has 2 saturated heterocycles. The number of nitrogens with one attached hydrogen (secondary N) is 4. The molecule has 4 atom stereocenters. The molecular weight excluding hydrogens is 731 g/mol. The second-order valence-corrected chi connectivity index (χ2v) is 15.6. The molecule has 5 aromatic rings. The van der Waals surface area contributed by atoms with Gasteiger partial charge in [0.1, 0.15) is 23.5 Å². The number of imidazole rings is 2. The van der Waals surface area contributed by atoms with E-state index in [-0.39, 0.29) is 47.7 Å². The molecular formula is C41H49N9O7. The van der Waals surface area contributed by atoms with Crippen LogP contribution in [0.5, 0.6) is 0 Å². The van der Waals surface area contributed by atoms with E-state index in [9.17, 15) is 24.0 Å². The van der Waals surface area contributed by atoms with Gasteiger partial charge in [-0.3, -0.25) is 19.2 Å². The molecule has 0 aliphatic carbocycles. The van der Waals surface area contributed by atoms with Crippen LogP contribution in [0.4, 0.5) is 4.79 Å². The first kappa shape index (κ1) is 39.2. The zero-order valence-electron chi connectivity index (χ0n) is 33.0. The molecule has 16 heteroatoms. The fourth-order valence-corrected chi connectivity index (χ4v) is 8.03. The topological polar surface area (TPSA) is 208 Å². The maximum absolute atomic E-state index is 13.7. The van der Waals surface area contributed by atoms with Crippen molar-refractivity contribution in [3.8, 4) is 22.5 Å². The average molecular weight is 780 g/mol. The smallest absolute Gasteiger partial charge is 0.407 e. The minimum Gasteiger partial charge on any atom is -0.469 e. The number of hydrogen-bond acceptors (Lipinski definition) is 10. The summed E-state index contributed by atoms with van der Waals surface area (Å²) in [6.07, 6.45) is 4.01. The van der Waals surface area contributed by atoms with Gasteiger partial charge in [-0.05, 0) is 73.4 Å². The number of hydrogen-bond donors (Lipinski definition) is 4. The molecule has 0 saturated carbocycles. The quantitative estimate of drug-likeness (QED) is 0.126. The lowest BCUT2D eigenvalue weighted by molar-refractivity contribution is -0.148. The summed E-state index contributed by atoms with van der Waals surface area (Å²) in [4.78, 5) is 92.4. The van der Waals surface area contributed by atoms with Gasteiger partial charge < -0.3 is 39.5 Å². The predicted octanol–water partition coefficient (Wildman–Crippen LogP) is 5.40. The van der Waals surface area contributed by atoms with Crippen molar-refractivity contribution < 1.29 is 28.7 Å². The highest BCUT2D eigenvalue weighted by Crippen LogP contribution is 2.36. The van der Waals surface area contributed by atoms with Gasteiger partial charge in [-0.25, -0.2) is 19.7 Å². The molecule has 5 heterocycles. The Kier molecular flexibility index (Phi) is 11.1. The Morgan fingerprint density at radius 1 is 0.789 bits per heavy atom. The van der Waals surface area contributed by atoms with Crippen molar-refractivity contribution in [1.82, 2.24) is 45.0 Å². The second-order valence-electron chi connectivity index (χ2n) is 15.6. The Morgan fingerprint density at radius 3 is 1.91 bits per heavy atom. The molecule has 0 unspecified atom stereocenters. The van der Waals surface area contributed by atoms with Crippen LogP contribution in [-0.4, -0.2) is 96.9 Å². The normalized spacial score (nSPS) is 18.1. The molecule has 0 spiro atoms. The van der Waals surface area contributed by atoms with Crippen LogP contribution in [0.15, 0.2) is 47.4 Å². The van der Waals surface area contributed by atoms with Gasteiger partial charge in [-0.1, -0.05) is 33.8 Å². The lowest BCUT2D eigenvalue weighted by Gasteiger charge is -2.29. The number of alkyl carbamates (subject to hydrolysis) is 1. The van der Waals surface area contributed by atoms with E-state index >= 15 is 0 Å². The lowest BCUT2D eigenvalue weighted by Crippen LogP contribution is -2.51. The van der Waals surface area contributed by atoms with Gasteiger partial charge in [-0.2, -0.15) is 0 Å². The van der Waals surface area contributed by atoms with Gasteiger partial charge in [0.05, 0.1) is 66.3 Å². The fraction of sp³-hybridized carbons (Fsp3) is 0.463. The molecule has 2 aromatic carbocycles. The number of H-pyrrole nitrogens is 3. The summed E-state index contributed by atoms with van der Waals surface area (Å²) >= 11 is 0. The van der Waals surface area contributed by atoms with Crippen LogP contribution in [0.25, 0.3) is 44.6 Å². The van der Waals surface area contributed by atoms with Crippen molar-refractivity contribution >= 4 is 45.9 Å². The highest BCUT2D eigenvalue weighted by Gasteiger charge is 2.39. The summed E-state index contributed by atoms with van der Waals surface area (Å²) in [5.41, 5.74) is 4.26. The number of fused-ring (bicyclic) bond motifs is 2. The maximum atomic E-state index is 13.7. The number of aromatic amines is 3. The van der Waals surface area contributed by atoms with Crippen LogP contribution in [0, 0.1) is 17.8 Å². The van der Waals surface area contributed by atoms with Crippen LogP contribution in [0.1, 0.15) is 83.5 Å². The number of nitrogens with zero attached hydrogens (tertiary/aromatic N) is 5. The monoisotopic (exact) mass is 779 g/mol. The molecule has 300 valence electrons. The molecule has 2 aliphatic rings. The number of amides is 3. The molecule has 3 amide bonds. The molecule has 7 rings (SSSR count). The van der Waals surface area contributed by atoms with Crippen molar-refractivity contribution in [1.29, 1.82) is 0 Å². The number of rotatable bonds is 11. The number of esters is 1. The number of likely N-dealkylation sites (tertiary alicyclic amines) is 2. The van der Waals surface area contributed by atoms with Gasteiger partial charge in [0, 0.05) is 24.8 Å². The van der Waals surface area contributed by atoms with Gasteiger partial charge in [0.25, 0.3) is 5.56 Å². The third-order valence-electron chi connectivity index (χ3n) is 11.2. The number of aromatic nitrogens is 6. The van der Waals surface area contributed by atoms with Crippen molar-refractivity contribution in [3.05, 3.63) is 64.6 Å². The van der Waals surface area contributed by atoms with Crippen LogP contribution in [-0.2, 0) is 23.9 Å². The van der Waals surface area contributed by atoms with E-state index in [4.69, 9.17) is 19.4 Å². The number of carbonyl (C=O) groups is 4. The van der Waals surface area contributed by atoms with Crippen LogP contribution in [0.2, 0.25) is 0 Å². The van der Waals surface area contributed by atoms with Gasteiger partial charge in [0.2, 0.25) is 11.8 Å². The first-order valence-corrected chi connectivity index (χ1v) is 19.5. The number of carbonyl (C=O) groups excluding carboxylic acids is 4. The van der Waals surface area contributed by atoms with E-state index in [0.717, 1.165) is 30.3 Å². The van der Waals surface area contributed by atoms with Crippen molar-refractivity contribution in [2.24, 2.45) is 17.8 Å². The van der Waals surface area contributed by atoms with Gasteiger partial charge in [0.15, 0.2) is 0 Å². The Morgan fingerprint density at radius 2 is 1.37 bits per heavy atom. The van der Waals surface area contributed by atoms with E-state index in [1.165, 1.54) is 14.2 Å². The Bertz CT molecular complexity index is 2380. The van der Waals surface area contributed by atoms with E-state index in [0.29, 0.717) is 64.7 Å². The third-order valence-corrected chi connectivity index (χ3v) is 11.2. The zero-order chi connectivity index (χ0) is 40.5. The average Bonchev–Trinajstić information content (AvgIpc) is 4.03. The van der Waals surface area contributed by atoms with Gasteiger partial charge >= 0.3 is 12.1 Å². The Balaban J connectivity index is 1.09. The highest BCUT2D eigenvalue weighted by atomic mass is 16.5. The predicted molar refractivity (Wildman–Crippen MR) is 212 cm³/mol. The zero-order valence-corrected chi connectivity index (χ0v) is 33.0. The van der Waals surface area contributed by atoms with Crippen molar-refractivity contribution in [3.63, 3.8) is 0 Å². The Labute approximate surface area is 329 Å². The summed E-state index contributed by atoms with van der Waals surface area (Å²) in [6.45, 7) is 8.74. The summed E-state index contributed by atoms with van der Waals surface area (Å²) in [6, 6.07) is 9.80. The molecule has 2 aliphatic heterocycles. The molecule has 3 aromatic heterocycles.